The molecule has 0 aliphatic heterocycles. The number of nitrogens with two attached hydrogens (primary N) is 1. The summed E-state index contributed by atoms with van der Waals surface area (Å²) in [6, 6.07) is 0. The fraction of sp³-hybridized carbons (Fsp3) is 0.804. The molecule has 0 saturated heterocycles. The fourth-order valence-corrected chi connectivity index (χ4v) is 6.88. The average molecular weight is 796 g/mol. The van der Waals surface area contributed by atoms with Gasteiger partial charge in [-0.05, 0) is 77.0 Å². The van der Waals surface area contributed by atoms with Crippen molar-refractivity contribution < 1.29 is 32.8 Å². The summed E-state index contributed by atoms with van der Waals surface area (Å²) in [6.45, 7) is 4.87. The molecule has 0 aromatic rings. The molecule has 0 aromatic carbocycles. The monoisotopic (exact) mass is 796 g/mol. The Hall–Kier alpha value is -1.54. The molecule has 9 heteroatoms. The zero-order chi connectivity index (χ0) is 40.2. The van der Waals surface area contributed by atoms with Gasteiger partial charge in [-0.3, -0.25) is 13.8 Å². The Kier molecular flexibility index (Phi) is 42.4. The highest BCUT2D eigenvalue weighted by Gasteiger charge is 2.25. The van der Waals surface area contributed by atoms with E-state index in [-0.39, 0.29) is 32.3 Å². The van der Waals surface area contributed by atoms with Gasteiger partial charge in [0.05, 0.1) is 19.8 Å². The van der Waals surface area contributed by atoms with Crippen molar-refractivity contribution in [1.29, 1.82) is 0 Å². The number of carbonyl (C=O) groups is 1. The third-order valence-corrected chi connectivity index (χ3v) is 10.5. The van der Waals surface area contributed by atoms with E-state index < -0.39 is 13.9 Å². The van der Waals surface area contributed by atoms with Crippen LogP contribution in [0.4, 0.5) is 0 Å². The molecule has 0 bridgehead atoms. The van der Waals surface area contributed by atoms with E-state index in [0.717, 1.165) is 51.4 Å². The van der Waals surface area contributed by atoms with E-state index in [0.29, 0.717) is 13.0 Å². The molecular weight excluding hydrogens is 709 g/mol. The van der Waals surface area contributed by atoms with Crippen LogP contribution in [0.1, 0.15) is 200 Å². The average Bonchev–Trinajstić information content (AvgIpc) is 3.17. The summed E-state index contributed by atoms with van der Waals surface area (Å²) in [7, 11) is -4.28. The molecule has 55 heavy (non-hydrogen) atoms. The third-order valence-electron chi connectivity index (χ3n) is 9.47. The molecule has 0 amide bonds. The van der Waals surface area contributed by atoms with Crippen LogP contribution in [0.15, 0.2) is 48.6 Å². The van der Waals surface area contributed by atoms with Crippen LogP contribution in [0.3, 0.4) is 0 Å². The van der Waals surface area contributed by atoms with E-state index in [1.54, 1.807) is 0 Å². The van der Waals surface area contributed by atoms with Gasteiger partial charge >= 0.3 is 13.8 Å². The molecule has 0 rings (SSSR count). The molecule has 0 aliphatic rings. The van der Waals surface area contributed by atoms with E-state index in [4.69, 9.17) is 24.3 Å². The number of unbranched alkanes of at least 4 members (excludes halogenated alkanes) is 22. The van der Waals surface area contributed by atoms with Crippen LogP contribution in [0, 0.1) is 0 Å². The molecule has 2 atom stereocenters. The lowest BCUT2D eigenvalue weighted by Gasteiger charge is -2.20. The highest BCUT2D eigenvalue weighted by atomic mass is 31.2. The molecule has 0 saturated carbocycles. The van der Waals surface area contributed by atoms with Gasteiger partial charge in [0.25, 0.3) is 0 Å². The van der Waals surface area contributed by atoms with Gasteiger partial charge in [-0.15, -0.1) is 0 Å². The van der Waals surface area contributed by atoms with Gasteiger partial charge in [-0.1, -0.05) is 165 Å². The maximum atomic E-state index is 12.6. The normalized spacial score (nSPS) is 13.9. The molecule has 0 fully saturated rings. The lowest BCUT2D eigenvalue weighted by molar-refractivity contribution is -0.154. The topological polar surface area (TPSA) is 117 Å². The van der Waals surface area contributed by atoms with Crippen molar-refractivity contribution in [2.24, 2.45) is 5.73 Å². The largest absolute Gasteiger partial charge is 0.472 e. The number of hydrogen-bond donors (Lipinski definition) is 2. The summed E-state index contributed by atoms with van der Waals surface area (Å²) in [5.41, 5.74) is 5.37. The predicted octanol–water partition coefficient (Wildman–Crippen LogP) is 13.6. The minimum atomic E-state index is -4.28. The van der Waals surface area contributed by atoms with Crippen molar-refractivity contribution in [2.45, 2.75) is 206 Å². The number of phosphoric acid groups is 1. The first-order valence-corrected chi connectivity index (χ1v) is 24.1. The smallest absolute Gasteiger partial charge is 0.457 e. The van der Waals surface area contributed by atoms with Gasteiger partial charge in [0.2, 0.25) is 0 Å². The third kappa shape index (κ3) is 43.4. The zero-order valence-electron chi connectivity index (χ0n) is 35.7. The van der Waals surface area contributed by atoms with Gasteiger partial charge in [0.1, 0.15) is 6.10 Å². The maximum Gasteiger partial charge on any atom is 0.472 e. The molecule has 0 aliphatic carbocycles. The lowest BCUT2D eigenvalue weighted by Crippen LogP contribution is -2.28. The van der Waals surface area contributed by atoms with Crippen LogP contribution in [0.2, 0.25) is 0 Å². The van der Waals surface area contributed by atoms with E-state index >= 15 is 0 Å². The highest BCUT2D eigenvalue weighted by Crippen LogP contribution is 2.43. The summed E-state index contributed by atoms with van der Waals surface area (Å²) in [6.07, 6.45) is 51.2. The predicted molar refractivity (Wildman–Crippen MR) is 233 cm³/mol. The molecule has 2 unspecified atom stereocenters. The van der Waals surface area contributed by atoms with Crippen molar-refractivity contribution in [3.8, 4) is 0 Å². The molecule has 0 radical (unpaired) electrons. The van der Waals surface area contributed by atoms with Crippen molar-refractivity contribution in [3.05, 3.63) is 48.6 Å². The first-order valence-electron chi connectivity index (χ1n) is 22.6. The first-order chi connectivity index (χ1) is 26.9. The van der Waals surface area contributed by atoms with Crippen molar-refractivity contribution in [3.63, 3.8) is 0 Å². The molecule has 0 heterocycles. The second-order valence-corrected chi connectivity index (χ2v) is 16.4. The van der Waals surface area contributed by atoms with Crippen molar-refractivity contribution in [1.82, 2.24) is 0 Å². The molecule has 3 N–H and O–H groups in total. The van der Waals surface area contributed by atoms with Crippen LogP contribution in [-0.4, -0.2) is 49.9 Å². The summed E-state index contributed by atoms with van der Waals surface area (Å²) >= 11 is 0. The maximum absolute atomic E-state index is 12.6. The number of phosphoric ester groups is 1. The number of esters is 1. The van der Waals surface area contributed by atoms with Crippen LogP contribution >= 0.6 is 7.82 Å². The molecule has 8 nitrogen and oxygen atoms in total. The first kappa shape index (κ1) is 53.5. The van der Waals surface area contributed by atoms with Crippen LogP contribution < -0.4 is 5.73 Å². The number of allylic oxidation sites excluding steroid dienone is 8. The van der Waals surface area contributed by atoms with E-state index in [9.17, 15) is 14.3 Å². The van der Waals surface area contributed by atoms with Gasteiger partial charge in [-0.2, -0.15) is 0 Å². The Bertz CT molecular complexity index is 983. The summed E-state index contributed by atoms with van der Waals surface area (Å²) in [5, 5.41) is 0. The van der Waals surface area contributed by atoms with E-state index in [1.165, 1.54) is 128 Å². The van der Waals surface area contributed by atoms with Crippen LogP contribution in [0.25, 0.3) is 0 Å². The number of ether oxygens (including phenoxy) is 2. The molecule has 0 spiro atoms. The molecule has 0 aromatic heterocycles. The summed E-state index contributed by atoms with van der Waals surface area (Å²) < 4.78 is 33.5. The Labute approximate surface area is 339 Å². The lowest BCUT2D eigenvalue weighted by atomic mass is 10.1. The summed E-state index contributed by atoms with van der Waals surface area (Å²) in [4.78, 5) is 22.5. The minimum Gasteiger partial charge on any atom is -0.457 e. The van der Waals surface area contributed by atoms with E-state index in [1.807, 2.05) is 0 Å². The van der Waals surface area contributed by atoms with Crippen molar-refractivity contribution >= 4 is 13.8 Å². The molecular formula is C46H86NO7P. The van der Waals surface area contributed by atoms with Gasteiger partial charge in [0, 0.05) is 19.6 Å². The second-order valence-electron chi connectivity index (χ2n) is 14.9. The number of hydrogen-bond acceptors (Lipinski definition) is 7. The Morgan fingerprint density at radius 2 is 0.964 bits per heavy atom. The quantitative estimate of drug-likeness (QED) is 0.0271. The Morgan fingerprint density at radius 3 is 1.45 bits per heavy atom. The zero-order valence-corrected chi connectivity index (χ0v) is 36.6. The number of carbonyl (C=O) groups excluding carboxylic acids is 1. The van der Waals surface area contributed by atoms with Gasteiger partial charge < -0.3 is 20.1 Å². The highest BCUT2D eigenvalue weighted by molar-refractivity contribution is 7.47. The second kappa shape index (κ2) is 43.6. The van der Waals surface area contributed by atoms with Crippen LogP contribution in [0.5, 0.6) is 0 Å². The minimum absolute atomic E-state index is 0.0966. The fourth-order valence-electron chi connectivity index (χ4n) is 6.12. The van der Waals surface area contributed by atoms with Gasteiger partial charge in [-0.25, -0.2) is 4.57 Å². The SMILES string of the molecule is CCCCC/C=C\C/C=C\CCCCCCCCCC(=O)OC(COCCCCCCCCCC/C=C\C/C=C\CCCCCC)COP(=O)(O)OCCN. The Morgan fingerprint density at radius 1 is 0.545 bits per heavy atom. The Balaban J connectivity index is 4.03. The van der Waals surface area contributed by atoms with Gasteiger partial charge in [0.15, 0.2) is 0 Å². The molecule has 322 valence electrons. The summed E-state index contributed by atoms with van der Waals surface area (Å²) in [5.74, 6) is -0.341. The number of rotatable bonds is 43. The standard InChI is InChI=1S/C46H86NO7P/c1-3-5-7-9-11-13-15-17-19-21-22-24-26-28-30-32-34-36-38-41-51-43-45(44-53-55(49,50)52-42-40-47)54-46(48)39-37-35-33-31-29-27-25-23-20-18-16-14-12-10-8-6-4-2/h12-15,18-21,45H,3-11,16-17,22-44,47H2,1-2H3,(H,49,50)/b14-12-,15-13-,20-18-,21-19-. The van der Waals surface area contributed by atoms with E-state index in [2.05, 4.69) is 62.5 Å². The van der Waals surface area contributed by atoms with Crippen LogP contribution in [-0.2, 0) is 27.9 Å². The van der Waals surface area contributed by atoms with Crippen molar-refractivity contribution in [2.75, 3.05) is 33.0 Å².